The van der Waals surface area contributed by atoms with E-state index in [4.69, 9.17) is 4.74 Å². The van der Waals surface area contributed by atoms with E-state index in [0.29, 0.717) is 17.9 Å². The summed E-state index contributed by atoms with van der Waals surface area (Å²) in [7, 11) is 1.91. The predicted molar refractivity (Wildman–Crippen MR) is 64.1 cm³/mol. The van der Waals surface area contributed by atoms with Crippen LogP contribution in [-0.4, -0.2) is 15.8 Å². The summed E-state index contributed by atoms with van der Waals surface area (Å²) in [5.74, 6) is 1.45. The summed E-state index contributed by atoms with van der Waals surface area (Å²) >= 11 is 0. The first-order valence-electron chi connectivity index (χ1n) is 5.36. The molecular weight excluding hydrogens is 216 g/mol. The van der Waals surface area contributed by atoms with E-state index < -0.39 is 0 Å². The number of hydrogen-bond donors (Lipinski definition) is 0. The predicted octanol–water partition coefficient (Wildman–Crippen LogP) is 2.12. The second-order valence-corrected chi connectivity index (χ2v) is 3.85. The van der Waals surface area contributed by atoms with Crippen molar-refractivity contribution >= 4 is 6.29 Å². The Morgan fingerprint density at radius 2 is 2.29 bits per heavy atom. The highest BCUT2D eigenvalue weighted by molar-refractivity contribution is 5.80. The van der Waals surface area contributed by atoms with Crippen molar-refractivity contribution in [3.63, 3.8) is 0 Å². The molecule has 0 fully saturated rings. The molecule has 2 rings (SSSR count). The molecule has 4 heteroatoms. The van der Waals surface area contributed by atoms with Crippen LogP contribution in [0, 0.1) is 6.92 Å². The van der Waals surface area contributed by atoms with Crippen LogP contribution in [0.25, 0.3) is 0 Å². The number of para-hydroxylation sites is 1. The molecule has 0 atom stereocenters. The number of carbonyl (C=O) groups excluding carboxylic acids is 1. The van der Waals surface area contributed by atoms with Gasteiger partial charge >= 0.3 is 0 Å². The van der Waals surface area contributed by atoms with Gasteiger partial charge in [0.15, 0.2) is 6.29 Å². The molecule has 0 saturated heterocycles. The van der Waals surface area contributed by atoms with Gasteiger partial charge in [-0.25, -0.2) is 4.98 Å². The van der Waals surface area contributed by atoms with Crippen molar-refractivity contribution in [3.05, 3.63) is 47.5 Å². The summed E-state index contributed by atoms with van der Waals surface area (Å²) in [5, 5.41) is 0. The van der Waals surface area contributed by atoms with E-state index in [1.54, 1.807) is 12.3 Å². The van der Waals surface area contributed by atoms with Gasteiger partial charge in [-0.1, -0.05) is 12.1 Å². The normalized spacial score (nSPS) is 10.2. The number of nitrogens with zero attached hydrogens (tertiary/aromatic N) is 2. The van der Waals surface area contributed by atoms with Crippen LogP contribution in [0.4, 0.5) is 0 Å². The summed E-state index contributed by atoms with van der Waals surface area (Å²) in [6.07, 6.45) is 4.38. The van der Waals surface area contributed by atoms with Gasteiger partial charge in [-0.05, 0) is 18.6 Å². The third-order valence-electron chi connectivity index (χ3n) is 2.64. The molecule has 0 saturated carbocycles. The van der Waals surface area contributed by atoms with E-state index in [1.165, 1.54) is 0 Å². The third-order valence-corrected chi connectivity index (χ3v) is 2.64. The number of imidazole rings is 1. The highest BCUT2D eigenvalue weighted by Crippen LogP contribution is 2.22. The van der Waals surface area contributed by atoms with Crippen LogP contribution in [0.1, 0.15) is 21.7 Å². The lowest BCUT2D eigenvalue weighted by atomic mass is 10.1. The summed E-state index contributed by atoms with van der Waals surface area (Å²) in [6.45, 7) is 2.27. The van der Waals surface area contributed by atoms with Gasteiger partial charge in [0.25, 0.3) is 0 Å². The molecule has 0 aliphatic rings. The summed E-state index contributed by atoms with van der Waals surface area (Å²) in [4.78, 5) is 15.1. The lowest BCUT2D eigenvalue weighted by Gasteiger charge is -2.10. The summed E-state index contributed by atoms with van der Waals surface area (Å²) < 4.78 is 7.56. The first-order chi connectivity index (χ1) is 8.22. The lowest BCUT2D eigenvalue weighted by molar-refractivity contribution is 0.111. The molecule has 1 aromatic heterocycles. The molecule has 88 valence electrons. The Kier molecular flexibility index (Phi) is 3.23. The van der Waals surface area contributed by atoms with E-state index in [1.807, 2.05) is 36.9 Å². The Morgan fingerprint density at radius 3 is 2.94 bits per heavy atom. The van der Waals surface area contributed by atoms with Gasteiger partial charge in [0.1, 0.15) is 18.2 Å². The molecule has 0 aliphatic heterocycles. The Hall–Kier alpha value is -2.10. The molecule has 0 amide bonds. The van der Waals surface area contributed by atoms with E-state index in [2.05, 4.69) is 4.98 Å². The minimum atomic E-state index is 0.356. The number of hydrogen-bond acceptors (Lipinski definition) is 3. The standard InChI is InChI=1S/C13H14N2O2/c1-10-4-3-5-11(8-16)13(10)17-9-12-14-6-7-15(12)2/h3-8H,9H2,1-2H3. The average Bonchev–Trinajstić information content (AvgIpc) is 2.73. The zero-order chi connectivity index (χ0) is 12.3. The summed E-state index contributed by atoms with van der Waals surface area (Å²) in [5.41, 5.74) is 1.52. The number of benzene rings is 1. The first kappa shape index (κ1) is 11.4. The number of carbonyl (C=O) groups is 1. The highest BCUT2D eigenvalue weighted by atomic mass is 16.5. The van der Waals surface area contributed by atoms with Gasteiger partial charge in [0.2, 0.25) is 0 Å². The molecule has 0 radical (unpaired) electrons. The van der Waals surface area contributed by atoms with Crippen LogP contribution in [0.5, 0.6) is 5.75 Å². The number of rotatable bonds is 4. The number of aromatic nitrogens is 2. The molecule has 1 heterocycles. The summed E-state index contributed by atoms with van der Waals surface area (Å²) in [6, 6.07) is 5.50. The van der Waals surface area contributed by atoms with Crippen LogP contribution >= 0.6 is 0 Å². The molecule has 0 unspecified atom stereocenters. The largest absolute Gasteiger partial charge is 0.485 e. The van der Waals surface area contributed by atoms with Gasteiger partial charge < -0.3 is 9.30 Å². The van der Waals surface area contributed by atoms with Crippen molar-refractivity contribution in [2.75, 3.05) is 0 Å². The number of aldehydes is 1. The average molecular weight is 230 g/mol. The fraction of sp³-hybridized carbons (Fsp3) is 0.231. The molecule has 4 nitrogen and oxygen atoms in total. The lowest BCUT2D eigenvalue weighted by Crippen LogP contribution is -2.05. The van der Waals surface area contributed by atoms with Gasteiger partial charge in [-0.2, -0.15) is 0 Å². The number of ether oxygens (including phenoxy) is 1. The maximum atomic E-state index is 10.9. The molecule has 1 aromatic carbocycles. The zero-order valence-corrected chi connectivity index (χ0v) is 9.88. The fourth-order valence-corrected chi connectivity index (χ4v) is 1.64. The maximum Gasteiger partial charge on any atom is 0.153 e. The zero-order valence-electron chi connectivity index (χ0n) is 9.88. The van der Waals surface area contributed by atoms with Crippen molar-refractivity contribution in [1.82, 2.24) is 9.55 Å². The molecule has 0 aliphatic carbocycles. The monoisotopic (exact) mass is 230 g/mol. The Labute approximate surface area is 99.9 Å². The van der Waals surface area contributed by atoms with Gasteiger partial charge in [-0.15, -0.1) is 0 Å². The molecular formula is C13H14N2O2. The van der Waals surface area contributed by atoms with Gasteiger partial charge in [0.05, 0.1) is 5.56 Å². The second-order valence-electron chi connectivity index (χ2n) is 3.85. The quantitative estimate of drug-likeness (QED) is 0.756. The minimum absolute atomic E-state index is 0.356. The van der Waals surface area contributed by atoms with Crippen molar-refractivity contribution < 1.29 is 9.53 Å². The topological polar surface area (TPSA) is 44.1 Å². The highest BCUT2D eigenvalue weighted by Gasteiger charge is 2.07. The Balaban J connectivity index is 2.19. The van der Waals surface area contributed by atoms with Gasteiger partial charge in [0, 0.05) is 19.4 Å². The fourth-order valence-electron chi connectivity index (χ4n) is 1.64. The minimum Gasteiger partial charge on any atom is -0.485 e. The van der Waals surface area contributed by atoms with E-state index in [0.717, 1.165) is 17.7 Å². The van der Waals surface area contributed by atoms with Crippen molar-refractivity contribution in [3.8, 4) is 5.75 Å². The number of aryl methyl sites for hydroxylation is 2. The van der Waals surface area contributed by atoms with Crippen LogP contribution in [0.2, 0.25) is 0 Å². The van der Waals surface area contributed by atoms with Crippen molar-refractivity contribution in [2.24, 2.45) is 7.05 Å². The van der Waals surface area contributed by atoms with E-state index in [9.17, 15) is 4.79 Å². The first-order valence-corrected chi connectivity index (χ1v) is 5.36. The van der Waals surface area contributed by atoms with Gasteiger partial charge in [-0.3, -0.25) is 4.79 Å². The van der Waals surface area contributed by atoms with Crippen molar-refractivity contribution in [2.45, 2.75) is 13.5 Å². The van der Waals surface area contributed by atoms with Crippen LogP contribution < -0.4 is 4.74 Å². The molecule has 0 N–H and O–H groups in total. The second kappa shape index (κ2) is 4.82. The SMILES string of the molecule is Cc1cccc(C=O)c1OCc1nccn1C. The molecule has 2 aromatic rings. The van der Waals surface area contributed by atoms with Crippen LogP contribution in [-0.2, 0) is 13.7 Å². The molecule has 0 bridgehead atoms. The Morgan fingerprint density at radius 1 is 1.47 bits per heavy atom. The van der Waals surface area contributed by atoms with Crippen LogP contribution in [0.3, 0.4) is 0 Å². The van der Waals surface area contributed by atoms with Crippen molar-refractivity contribution in [1.29, 1.82) is 0 Å². The molecule has 17 heavy (non-hydrogen) atoms. The smallest absolute Gasteiger partial charge is 0.153 e. The third kappa shape index (κ3) is 2.36. The Bertz CT molecular complexity index is 532. The van der Waals surface area contributed by atoms with Crippen LogP contribution in [0.15, 0.2) is 30.6 Å². The van der Waals surface area contributed by atoms with E-state index in [-0.39, 0.29) is 0 Å². The maximum absolute atomic E-state index is 10.9. The molecule has 0 spiro atoms. The van der Waals surface area contributed by atoms with E-state index >= 15 is 0 Å².